The van der Waals surface area contributed by atoms with Crippen LogP contribution in [0, 0.1) is 13.8 Å². The molecule has 0 aliphatic rings. The van der Waals surface area contributed by atoms with E-state index in [9.17, 15) is 16.8 Å². The molecule has 6 nitrogen and oxygen atoms in total. The fraction of sp³-hybridized carbons (Fsp3) is 0.100. The highest BCUT2D eigenvalue weighted by atomic mass is 35.5. The van der Waals surface area contributed by atoms with E-state index >= 15 is 0 Å². The SMILES string of the molecule is Cc1ccc(S(=O)(=O)Nc2ccc(Cl)cc2NS(=O)(=O)c2ccc(C)cc2)cc1. The molecule has 0 aliphatic heterocycles. The fourth-order valence-electron chi connectivity index (χ4n) is 2.53. The fourth-order valence-corrected chi connectivity index (χ4v) is 4.85. The van der Waals surface area contributed by atoms with Gasteiger partial charge in [-0.25, -0.2) is 16.8 Å². The first-order chi connectivity index (χ1) is 13.6. The molecule has 0 saturated carbocycles. The molecule has 3 rings (SSSR count). The maximum absolute atomic E-state index is 12.7. The van der Waals surface area contributed by atoms with Crippen LogP contribution in [-0.4, -0.2) is 16.8 Å². The standard InChI is InChI=1S/C20H19ClN2O4S2/c1-14-3-8-17(9-4-14)28(24,25)22-19-12-7-16(21)13-20(19)23-29(26,27)18-10-5-15(2)6-11-18/h3-13,22-23H,1-2H3. The first-order valence-corrected chi connectivity index (χ1v) is 11.9. The Labute approximate surface area is 175 Å². The van der Waals surface area contributed by atoms with E-state index in [1.54, 1.807) is 24.3 Å². The van der Waals surface area contributed by atoms with Gasteiger partial charge in [-0.1, -0.05) is 47.0 Å². The van der Waals surface area contributed by atoms with E-state index in [-0.39, 0.29) is 26.2 Å². The molecule has 0 heterocycles. The number of nitrogens with one attached hydrogen (secondary N) is 2. The number of halogens is 1. The average Bonchev–Trinajstić information content (AvgIpc) is 2.64. The molecule has 0 aliphatic carbocycles. The zero-order valence-corrected chi connectivity index (χ0v) is 18.1. The Balaban J connectivity index is 1.96. The minimum atomic E-state index is -3.94. The molecule has 152 valence electrons. The van der Waals surface area contributed by atoms with Gasteiger partial charge >= 0.3 is 0 Å². The van der Waals surface area contributed by atoms with Gasteiger partial charge in [-0.15, -0.1) is 0 Å². The molecule has 9 heteroatoms. The van der Waals surface area contributed by atoms with E-state index in [4.69, 9.17) is 11.6 Å². The summed E-state index contributed by atoms with van der Waals surface area (Å²) in [6.45, 7) is 3.69. The van der Waals surface area contributed by atoms with Crippen molar-refractivity contribution in [1.82, 2.24) is 0 Å². The van der Waals surface area contributed by atoms with Crippen LogP contribution in [0.4, 0.5) is 11.4 Å². The van der Waals surface area contributed by atoms with Crippen LogP contribution in [0.3, 0.4) is 0 Å². The van der Waals surface area contributed by atoms with Crippen LogP contribution in [0.2, 0.25) is 5.02 Å². The van der Waals surface area contributed by atoms with Crippen LogP contribution in [0.15, 0.2) is 76.5 Å². The van der Waals surface area contributed by atoms with Crippen molar-refractivity contribution in [3.63, 3.8) is 0 Å². The molecule has 3 aromatic rings. The van der Waals surface area contributed by atoms with Gasteiger partial charge in [0.2, 0.25) is 0 Å². The summed E-state index contributed by atoms with van der Waals surface area (Å²) in [4.78, 5) is 0.112. The van der Waals surface area contributed by atoms with Crippen molar-refractivity contribution in [2.45, 2.75) is 23.6 Å². The molecule has 0 unspecified atom stereocenters. The van der Waals surface area contributed by atoms with Crippen molar-refractivity contribution >= 4 is 43.0 Å². The first kappa shape index (κ1) is 21.2. The van der Waals surface area contributed by atoms with Crippen molar-refractivity contribution in [2.24, 2.45) is 0 Å². The molecular weight excluding hydrogens is 432 g/mol. The van der Waals surface area contributed by atoms with E-state index in [0.717, 1.165) is 11.1 Å². The van der Waals surface area contributed by atoms with Gasteiger partial charge in [-0.05, 0) is 56.3 Å². The molecule has 0 saturated heterocycles. The Bertz CT molecular complexity index is 1240. The molecule has 2 N–H and O–H groups in total. The minimum Gasteiger partial charge on any atom is -0.277 e. The number of rotatable bonds is 6. The summed E-state index contributed by atoms with van der Waals surface area (Å²) in [6, 6.07) is 16.8. The average molecular weight is 451 g/mol. The first-order valence-electron chi connectivity index (χ1n) is 8.55. The van der Waals surface area contributed by atoms with Crippen molar-refractivity contribution < 1.29 is 16.8 Å². The van der Waals surface area contributed by atoms with Crippen molar-refractivity contribution in [2.75, 3.05) is 9.44 Å². The molecular formula is C20H19ClN2O4S2. The summed E-state index contributed by atoms with van der Waals surface area (Å²) < 4.78 is 55.7. The zero-order valence-electron chi connectivity index (χ0n) is 15.7. The van der Waals surface area contributed by atoms with Crippen LogP contribution in [-0.2, 0) is 20.0 Å². The van der Waals surface area contributed by atoms with Crippen LogP contribution >= 0.6 is 11.6 Å². The summed E-state index contributed by atoms with van der Waals surface area (Å²) in [5, 5.41) is 0.255. The molecule has 0 fully saturated rings. The largest absolute Gasteiger partial charge is 0.277 e. The summed E-state index contributed by atoms with van der Waals surface area (Å²) in [7, 11) is -7.86. The van der Waals surface area contributed by atoms with Gasteiger partial charge in [0, 0.05) is 5.02 Å². The van der Waals surface area contributed by atoms with Gasteiger partial charge in [0.1, 0.15) is 0 Å². The number of benzene rings is 3. The molecule has 0 amide bonds. The minimum absolute atomic E-state index is 0.0220. The smallest absolute Gasteiger partial charge is 0.261 e. The van der Waals surface area contributed by atoms with Gasteiger partial charge in [0.05, 0.1) is 21.2 Å². The maximum Gasteiger partial charge on any atom is 0.261 e. The van der Waals surface area contributed by atoms with Crippen molar-refractivity contribution in [1.29, 1.82) is 0 Å². The van der Waals surface area contributed by atoms with Crippen molar-refractivity contribution in [3.05, 3.63) is 82.9 Å². The third-order valence-corrected chi connectivity index (χ3v) is 7.13. The van der Waals surface area contributed by atoms with Gasteiger partial charge in [0.25, 0.3) is 20.0 Å². The number of sulfonamides is 2. The molecule has 0 atom stereocenters. The summed E-state index contributed by atoms with van der Waals surface area (Å²) in [5.41, 5.74) is 1.92. The third kappa shape index (κ3) is 5.09. The zero-order chi connectivity index (χ0) is 21.2. The molecule has 0 bridgehead atoms. The Morgan fingerprint density at radius 1 is 0.621 bits per heavy atom. The van der Waals surface area contributed by atoms with Crippen LogP contribution < -0.4 is 9.44 Å². The van der Waals surface area contributed by atoms with Gasteiger partial charge in [-0.3, -0.25) is 9.44 Å². The third-order valence-electron chi connectivity index (χ3n) is 4.13. The second kappa shape index (κ2) is 8.06. The van der Waals surface area contributed by atoms with Crippen LogP contribution in [0.5, 0.6) is 0 Å². The van der Waals surface area contributed by atoms with Gasteiger partial charge in [-0.2, -0.15) is 0 Å². The quantitative estimate of drug-likeness (QED) is 0.575. The van der Waals surface area contributed by atoms with E-state index in [1.807, 2.05) is 13.8 Å². The van der Waals surface area contributed by atoms with E-state index in [0.29, 0.717) is 0 Å². The Morgan fingerprint density at radius 2 is 1.03 bits per heavy atom. The second-order valence-electron chi connectivity index (χ2n) is 6.53. The highest BCUT2D eigenvalue weighted by Crippen LogP contribution is 2.30. The van der Waals surface area contributed by atoms with Crippen LogP contribution in [0.25, 0.3) is 0 Å². The number of hydrogen-bond acceptors (Lipinski definition) is 4. The predicted molar refractivity (Wildman–Crippen MR) is 115 cm³/mol. The summed E-state index contributed by atoms with van der Waals surface area (Å²) in [6.07, 6.45) is 0. The highest BCUT2D eigenvalue weighted by Gasteiger charge is 2.20. The lowest BCUT2D eigenvalue weighted by molar-refractivity contribution is 0.599. The Morgan fingerprint density at radius 3 is 1.48 bits per heavy atom. The molecule has 0 radical (unpaired) electrons. The van der Waals surface area contributed by atoms with E-state index in [2.05, 4.69) is 9.44 Å². The Kier molecular flexibility index (Phi) is 5.88. The molecule has 0 spiro atoms. The number of aryl methyl sites for hydroxylation is 2. The topological polar surface area (TPSA) is 92.3 Å². The van der Waals surface area contributed by atoms with Crippen molar-refractivity contribution in [3.8, 4) is 0 Å². The Hall–Kier alpha value is -2.55. The normalized spacial score (nSPS) is 11.8. The number of hydrogen-bond donors (Lipinski definition) is 2. The highest BCUT2D eigenvalue weighted by molar-refractivity contribution is 7.93. The summed E-state index contributed by atoms with van der Waals surface area (Å²) in [5.74, 6) is 0. The monoisotopic (exact) mass is 450 g/mol. The molecule has 0 aromatic heterocycles. The van der Waals surface area contributed by atoms with Crippen LogP contribution in [0.1, 0.15) is 11.1 Å². The van der Waals surface area contributed by atoms with E-state index < -0.39 is 20.0 Å². The molecule has 29 heavy (non-hydrogen) atoms. The maximum atomic E-state index is 12.7. The van der Waals surface area contributed by atoms with E-state index in [1.165, 1.54) is 42.5 Å². The lowest BCUT2D eigenvalue weighted by atomic mass is 10.2. The van der Waals surface area contributed by atoms with Gasteiger partial charge in [0.15, 0.2) is 0 Å². The lowest BCUT2D eigenvalue weighted by Gasteiger charge is -2.15. The predicted octanol–water partition coefficient (Wildman–Crippen LogP) is 4.56. The second-order valence-corrected chi connectivity index (χ2v) is 10.3. The summed E-state index contributed by atoms with van der Waals surface area (Å²) >= 11 is 6.01. The molecule has 3 aromatic carbocycles. The lowest BCUT2D eigenvalue weighted by Crippen LogP contribution is -2.17. The van der Waals surface area contributed by atoms with Gasteiger partial charge < -0.3 is 0 Å². The number of anilines is 2.